The van der Waals surface area contributed by atoms with Crippen molar-refractivity contribution in [3.63, 3.8) is 0 Å². The number of benzene rings is 1. The number of aromatic hydroxyl groups is 1. The Morgan fingerprint density at radius 2 is 2.09 bits per heavy atom. The number of nitrogens with one attached hydrogen (secondary N) is 2. The summed E-state index contributed by atoms with van der Waals surface area (Å²) in [7, 11) is 3.05. The molecule has 0 unspecified atom stereocenters. The standard InChI is InChI=1S/C14H15ClN4O4/c1-18-3-4-19(8-18)7-13(21)16-11-5-9(15)10(6-12(11)20)17-14(22)23-2/h3-6,8H,7H2,1-2H3,(H2-,16,17,20,21,22)/p+1. The number of phenols is 1. The summed E-state index contributed by atoms with van der Waals surface area (Å²) < 4.78 is 7.93. The fraction of sp³-hybridized carbons (Fsp3) is 0.214. The molecule has 0 spiro atoms. The number of hydrogen-bond donors (Lipinski definition) is 3. The summed E-state index contributed by atoms with van der Waals surface area (Å²) in [6.07, 6.45) is 4.57. The lowest BCUT2D eigenvalue weighted by molar-refractivity contribution is -0.671. The molecule has 0 bridgehead atoms. The lowest BCUT2D eigenvalue weighted by Gasteiger charge is -2.11. The van der Waals surface area contributed by atoms with Crippen molar-refractivity contribution in [1.82, 2.24) is 4.57 Å². The van der Waals surface area contributed by atoms with E-state index >= 15 is 0 Å². The number of carbonyl (C=O) groups is 2. The summed E-state index contributed by atoms with van der Waals surface area (Å²) in [4.78, 5) is 23.1. The smallest absolute Gasteiger partial charge is 0.411 e. The highest BCUT2D eigenvalue weighted by Gasteiger charge is 2.14. The fourth-order valence-electron chi connectivity index (χ4n) is 1.87. The van der Waals surface area contributed by atoms with Crippen LogP contribution in [0, 0.1) is 0 Å². The van der Waals surface area contributed by atoms with Crippen molar-refractivity contribution in [3.05, 3.63) is 35.9 Å². The van der Waals surface area contributed by atoms with E-state index in [4.69, 9.17) is 11.6 Å². The Hall–Kier alpha value is -2.74. The Labute approximate surface area is 137 Å². The molecule has 2 aromatic rings. The number of aromatic nitrogens is 2. The molecule has 0 saturated heterocycles. The second-order valence-electron chi connectivity index (χ2n) is 4.77. The van der Waals surface area contributed by atoms with Gasteiger partial charge in [-0.05, 0) is 6.07 Å². The second-order valence-corrected chi connectivity index (χ2v) is 5.17. The van der Waals surface area contributed by atoms with E-state index in [0.29, 0.717) is 0 Å². The third-order valence-electron chi connectivity index (χ3n) is 2.93. The van der Waals surface area contributed by atoms with Gasteiger partial charge in [0.25, 0.3) is 5.91 Å². The summed E-state index contributed by atoms with van der Waals surface area (Å²) in [5, 5.41) is 15.0. The Balaban J connectivity index is 2.09. The van der Waals surface area contributed by atoms with Crippen molar-refractivity contribution in [2.75, 3.05) is 17.7 Å². The van der Waals surface area contributed by atoms with Crippen LogP contribution in [0.4, 0.5) is 16.2 Å². The zero-order valence-electron chi connectivity index (χ0n) is 12.5. The van der Waals surface area contributed by atoms with Gasteiger partial charge in [-0.15, -0.1) is 0 Å². The molecule has 0 radical (unpaired) electrons. The SMILES string of the molecule is COC(=O)Nc1cc(O)c(NC(=O)Cn2cc[n+](C)c2)cc1Cl. The van der Waals surface area contributed by atoms with Crippen LogP contribution in [0.3, 0.4) is 0 Å². The van der Waals surface area contributed by atoms with Crippen LogP contribution in [0.2, 0.25) is 5.02 Å². The second kappa shape index (κ2) is 7.01. The summed E-state index contributed by atoms with van der Waals surface area (Å²) in [5.41, 5.74) is 0.318. The zero-order chi connectivity index (χ0) is 17.0. The van der Waals surface area contributed by atoms with Gasteiger partial charge in [-0.3, -0.25) is 10.1 Å². The van der Waals surface area contributed by atoms with Gasteiger partial charge < -0.3 is 15.2 Å². The first-order chi connectivity index (χ1) is 10.9. The first-order valence-electron chi connectivity index (χ1n) is 6.57. The normalized spacial score (nSPS) is 10.2. The molecule has 8 nitrogen and oxygen atoms in total. The molecule has 1 aromatic heterocycles. The van der Waals surface area contributed by atoms with Gasteiger partial charge in [0.05, 0.1) is 30.6 Å². The minimum absolute atomic E-state index is 0.0834. The zero-order valence-corrected chi connectivity index (χ0v) is 13.3. The molecular formula is C14H16ClN4O4+. The topological polar surface area (TPSA) is 96.5 Å². The number of ether oxygens (including phenoxy) is 1. The number of amides is 2. The lowest BCUT2D eigenvalue weighted by atomic mass is 10.2. The van der Waals surface area contributed by atoms with Gasteiger partial charge in [-0.1, -0.05) is 11.6 Å². The van der Waals surface area contributed by atoms with Gasteiger partial charge in [-0.2, -0.15) is 0 Å². The van der Waals surface area contributed by atoms with Gasteiger partial charge >= 0.3 is 6.09 Å². The van der Waals surface area contributed by atoms with E-state index in [9.17, 15) is 14.7 Å². The maximum atomic E-state index is 12.0. The average molecular weight is 340 g/mol. The van der Waals surface area contributed by atoms with Gasteiger partial charge in [0.2, 0.25) is 6.33 Å². The average Bonchev–Trinajstić information content (AvgIpc) is 2.89. The Kier molecular flexibility index (Phi) is 5.07. The number of anilines is 2. The number of methoxy groups -OCH3 is 1. The van der Waals surface area contributed by atoms with Crippen LogP contribution in [0.25, 0.3) is 0 Å². The van der Waals surface area contributed by atoms with E-state index < -0.39 is 6.09 Å². The van der Waals surface area contributed by atoms with Crippen molar-refractivity contribution >= 4 is 35.0 Å². The number of carbonyl (C=O) groups excluding carboxylic acids is 2. The van der Waals surface area contributed by atoms with Crippen LogP contribution in [0.1, 0.15) is 0 Å². The molecule has 2 amide bonds. The monoisotopic (exact) mass is 339 g/mol. The van der Waals surface area contributed by atoms with E-state index in [2.05, 4.69) is 15.4 Å². The highest BCUT2D eigenvalue weighted by Crippen LogP contribution is 2.33. The highest BCUT2D eigenvalue weighted by molar-refractivity contribution is 6.34. The van der Waals surface area contributed by atoms with E-state index in [-0.39, 0.29) is 34.6 Å². The molecule has 0 aliphatic carbocycles. The number of rotatable bonds is 4. The molecule has 1 heterocycles. The van der Waals surface area contributed by atoms with Crippen molar-refractivity contribution in [2.45, 2.75) is 6.54 Å². The van der Waals surface area contributed by atoms with E-state index in [1.54, 1.807) is 27.9 Å². The van der Waals surface area contributed by atoms with E-state index in [0.717, 1.165) is 0 Å². The number of halogens is 1. The van der Waals surface area contributed by atoms with Crippen molar-refractivity contribution in [2.24, 2.45) is 7.05 Å². The largest absolute Gasteiger partial charge is 0.506 e. The van der Waals surface area contributed by atoms with Crippen molar-refractivity contribution in [1.29, 1.82) is 0 Å². The number of aryl methyl sites for hydroxylation is 1. The number of hydrogen-bond acceptors (Lipinski definition) is 4. The molecule has 0 aliphatic rings. The minimum atomic E-state index is -0.719. The maximum Gasteiger partial charge on any atom is 0.411 e. The number of imidazole rings is 1. The number of phenolic OH excluding ortho intramolecular Hbond substituents is 1. The molecular weight excluding hydrogens is 324 g/mol. The molecule has 9 heteroatoms. The molecule has 122 valence electrons. The van der Waals surface area contributed by atoms with Gasteiger partial charge in [0, 0.05) is 6.07 Å². The van der Waals surface area contributed by atoms with E-state index in [1.807, 2.05) is 7.05 Å². The molecule has 1 aromatic carbocycles. The predicted octanol–water partition coefficient (Wildman–Crippen LogP) is 1.49. The fourth-order valence-corrected chi connectivity index (χ4v) is 2.08. The summed E-state index contributed by atoms with van der Waals surface area (Å²) >= 11 is 6.01. The Bertz CT molecular complexity index is 744. The van der Waals surface area contributed by atoms with Crippen molar-refractivity contribution < 1.29 is 24.0 Å². The summed E-state index contributed by atoms with van der Waals surface area (Å²) in [6, 6.07) is 2.57. The van der Waals surface area contributed by atoms with Crippen LogP contribution in [-0.2, 0) is 23.1 Å². The quantitative estimate of drug-likeness (QED) is 0.581. The predicted molar refractivity (Wildman–Crippen MR) is 83.4 cm³/mol. The van der Waals surface area contributed by atoms with Gasteiger partial charge in [-0.25, -0.2) is 13.9 Å². The first kappa shape index (κ1) is 16.6. The first-order valence-corrected chi connectivity index (χ1v) is 6.95. The Morgan fingerprint density at radius 1 is 1.35 bits per heavy atom. The molecule has 23 heavy (non-hydrogen) atoms. The lowest BCUT2D eigenvalue weighted by Crippen LogP contribution is -2.25. The van der Waals surface area contributed by atoms with Crippen molar-refractivity contribution in [3.8, 4) is 5.75 Å². The van der Waals surface area contributed by atoms with E-state index in [1.165, 1.54) is 19.2 Å². The Morgan fingerprint density at radius 3 is 2.70 bits per heavy atom. The molecule has 3 N–H and O–H groups in total. The van der Waals surface area contributed by atoms with Crippen LogP contribution in [0.15, 0.2) is 30.9 Å². The summed E-state index contributed by atoms with van der Waals surface area (Å²) in [5.74, 6) is -0.562. The molecule has 0 saturated carbocycles. The summed E-state index contributed by atoms with van der Waals surface area (Å²) in [6.45, 7) is 0.0834. The highest BCUT2D eigenvalue weighted by atomic mass is 35.5. The molecule has 2 rings (SSSR count). The van der Waals surface area contributed by atoms with Gasteiger partial charge in [0.1, 0.15) is 18.1 Å². The third-order valence-corrected chi connectivity index (χ3v) is 3.24. The van der Waals surface area contributed by atoms with Crippen LogP contribution in [-0.4, -0.2) is 28.8 Å². The molecule has 0 atom stereocenters. The van der Waals surface area contributed by atoms with Gasteiger partial charge in [0.15, 0.2) is 6.54 Å². The van der Waals surface area contributed by atoms with Crippen LogP contribution in [0.5, 0.6) is 5.75 Å². The van der Waals surface area contributed by atoms with Crippen LogP contribution < -0.4 is 15.2 Å². The maximum absolute atomic E-state index is 12.0. The number of nitrogens with zero attached hydrogens (tertiary/aromatic N) is 2. The minimum Gasteiger partial charge on any atom is -0.506 e. The molecule has 0 fully saturated rings. The van der Waals surface area contributed by atoms with Crippen LogP contribution >= 0.6 is 11.6 Å². The molecule has 0 aliphatic heterocycles. The third kappa shape index (κ3) is 4.36.